The molecule has 0 unspecified atom stereocenters. The van der Waals surface area contributed by atoms with Crippen LogP contribution in [0.15, 0.2) is 205 Å². The number of nitrogens with zero attached hydrogens (tertiary/aromatic N) is 1. The van der Waals surface area contributed by atoms with Gasteiger partial charge in [-0.1, -0.05) is 140 Å². The zero-order valence-electron chi connectivity index (χ0n) is 29.8. The third-order valence-corrected chi connectivity index (χ3v) is 12.0. The van der Waals surface area contributed by atoms with Crippen LogP contribution in [0.4, 0.5) is 17.1 Å². The molecule has 3 heteroatoms. The van der Waals surface area contributed by atoms with Crippen LogP contribution in [0.1, 0.15) is 0 Å². The number of hydrogen-bond donors (Lipinski definition) is 0. The highest BCUT2D eigenvalue weighted by atomic mass is 32.1. The Balaban J connectivity index is 1.02. The molecule has 2 nitrogen and oxygen atoms in total. The first-order valence-corrected chi connectivity index (χ1v) is 19.5. The average molecular weight is 720 g/mol. The SMILES string of the molecule is c1ccc(-c2ccc(N(c3ccc(-c4cccc5oc6c7ccccc7ccc6c45)cc3)c3cccc(-c4ccc5c(c4)sc4ccccc45)c3)cc2)cc1. The Morgan fingerprint density at radius 1 is 0.364 bits per heavy atom. The van der Waals surface area contributed by atoms with Gasteiger partial charge in [-0.3, -0.25) is 0 Å². The van der Waals surface area contributed by atoms with E-state index >= 15 is 0 Å². The molecule has 55 heavy (non-hydrogen) atoms. The molecule has 9 aromatic carbocycles. The van der Waals surface area contributed by atoms with Crippen molar-refractivity contribution in [2.45, 2.75) is 0 Å². The first kappa shape index (κ1) is 31.6. The largest absolute Gasteiger partial charge is 0.455 e. The minimum Gasteiger partial charge on any atom is -0.455 e. The zero-order valence-corrected chi connectivity index (χ0v) is 30.6. The van der Waals surface area contributed by atoms with Gasteiger partial charge in [0.1, 0.15) is 11.2 Å². The predicted molar refractivity (Wildman–Crippen MR) is 235 cm³/mol. The summed E-state index contributed by atoms with van der Waals surface area (Å²) in [6.07, 6.45) is 0. The van der Waals surface area contributed by atoms with E-state index in [1.165, 1.54) is 47.8 Å². The first-order valence-electron chi connectivity index (χ1n) is 18.7. The molecule has 0 spiro atoms. The van der Waals surface area contributed by atoms with Gasteiger partial charge in [0.25, 0.3) is 0 Å². The highest BCUT2D eigenvalue weighted by molar-refractivity contribution is 7.25. The summed E-state index contributed by atoms with van der Waals surface area (Å²) >= 11 is 1.86. The van der Waals surface area contributed by atoms with Gasteiger partial charge >= 0.3 is 0 Å². The molecule has 11 rings (SSSR count). The van der Waals surface area contributed by atoms with Crippen molar-refractivity contribution in [3.05, 3.63) is 200 Å². The molecule has 0 aliphatic carbocycles. The number of anilines is 3. The fourth-order valence-electron chi connectivity index (χ4n) is 8.20. The van der Waals surface area contributed by atoms with Crippen molar-refractivity contribution >= 4 is 81.3 Å². The van der Waals surface area contributed by atoms with Crippen LogP contribution >= 0.6 is 11.3 Å². The van der Waals surface area contributed by atoms with Crippen LogP contribution in [0, 0.1) is 0 Å². The fourth-order valence-corrected chi connectivity index (χ4v) is 9.34. The lowest BCUT2D eigenvalue weighted by Crippen LogP contribution is -2.10. The molecule has 258 valence electrons. The normalized spacial score (nSPS) is 11.6. The van der Waals surface area contributed by atoms with Crippen LogP contribution in [0.25, 0.3) is 86.3 Å². The lowest BCUT2D eigenvalue weighted by atomic mass is 9.97. The molecule has 2 heterocycles. The Labute approximate surface area is 322 Å². The highest BCUT2D eigenvalue weighted by Gasteiger charge is 2.18. The topological polar surface area (TPSA) is 16.4 Å². The number of hydrogen-bond acceptors (Lipinski definition) is 3. The lowest BCUT2D eigenvalue weighted by Gasteiger charge is -2.26. The van der Waals surface area contributed by atoms with E-state index in [0.29, 0.717) is 0 Å². The third kappa shape index (κ3) is 5.40. The van der Waals surface area contributed by atoms with E-state index < -0.39 is 0 Å². The Hall–Kier alpha value is -6.94. The van der Waals surface area contributed by atoms with Crippen LogP contribution in [-0.4, -0.2) is 0 Å². The lowest BCUT2D eigenvalue weighted by molar-refractivity contribution is 0.673. The highest BCUT2D eigenvalue weighted by Crippen LogP contribution is 2.43. The molecule has 2 aromatic heterocycles. The third-order valence-electron chi connectivity index (χ3n) is 10.9. The van der Waals surface area contributed by atoms with Gasteiger partial charge in [0, 0.05) is 53.4 Å². The monoisotopic (exact) mass is 719 g/mol. The van der Waals surface area contributed by atoms with Crippen LogP contribution in [0.5, 0.6) is 0 Å². The van der Waals surface area contributed by atoms with Crippen LogP contribution in [0.2, 0.25) is 0 Å². The molecule has 0 aliphatic heterocycles. The minimum absolute atomic E-state index is 0.902. The van der Waals surface area contributed by atoms with Gasteiger partial charge in [-0.25, -0.2) is 0 Å². The molecule has 0 atom stereocenters. The second-order valence-corrected chi connectivity index (χ2v) is 15.2. The predicted octanol–water partition coefficient (Wildman–Crippen LogP) is 15.6. The molecule has 11 aromatic rings. The molecule has 0 radical (unpaired) electrons. The summed E-state index contributed by atoms with van der Waals surface area (Å²) in [6, 6.07) is 72.2. The molecular formula is C52H33NOS. The second kappa shape index (κ2) is 12.9. The Kier molecular flexibility index (Phi) is 7.39. The van der Waals surface area contributed by atoms with Gasteiger partial charge in [-0.2, -0.15) is 0 Å². The summed E-state index contributed by atoms with van der Waals surface area (Å²) < 4.78 is 9.16. The summed E-state index contributed by atoms with van der Waals surface area (Å²) in [5.74, 6) is 0. The molecule has 0 N–H and O–H groups in total. The second-order valence-electron chi connectivity index (χ2n) is 14.1. The minimum atomic E-state index is 0.902. The van der Waals surface area contributed by atoms with Crippen molar-refractivity contribution in [2.24, 2.45) is 0 Å². The zero-order chi connectivity index (χ0) is 36.3. The van der Waals surface area contributed by atoms with Crippen molar-refractivity contribution in [3.63, 3.8) is 0 Å². The van der Waals surface area contributed by atoms with Crippen molar-refractivity contribution in [3.8, 4) is 33.4 Å². The molecular weight excluding hydrogens is 687 g/mol. The van der Waals surface area contributed by atoms with Crippen LogP contribution in [-0.2, 0) is 0 Å². The van der Waals surface area contributed by atoms with Crippen molar-refractivity contribution in [1.82, 2.24) is 0 Å². The fraction of sp³-hybridized carbons (Fsp3) is 0. The van der Waals surface area contributed by atoms with E-state index in [1.807, 2.05) is 11.3 Å². The van der Waals surface area contributed by atoms with E-state index in [1.54, 1.807) is 0 Å². The molecule has 0 fully saturated rings. The number of fused-ring (bicyclic) bond motifs is 8. The van der Waals surface area contributed by atoms with Gasteiger partial charge < -0.3 is 9.32 Å². The number of thiophene rings is 1. The summed E-state index contributed by atoms with van der Waals surface area (Å²) in [5.41, 5.74) is 12.2. The Bertz CT molecular complexity index is 3190. The Morgan fingerprint density at radius 3 is 1.82 bits per heavy atom. The summed E-state index contributed by atoms with van der Waals surface area (Å²) in [4.78, 5) is 2.36. The quantitative estimate of drug-likeness (QED) is 0.170. The summed E-state index contributed by atoms with van der Waals surface area (Å²) in [7, 11) is 0. The van der Waals surface area contributed by atoms with Gasteiger partial charge in [-0.05, 0) is 99.4 Å². The molecule has 0 aliphatic rings. The van der Waals surface area contributed by atoms with E-state index in [4.69, 9.17) is 4.42 Å². The molecule has 0 saturated carbocycles. The van der Waals surface area contributed by atoms with Crippen molar-refractivity contribution < 1.29 is 4.42 Å². The Morgan fingerprint density at radius 2 is 0.982 bits per heavy atom. The van der Waals surface area contributed by atoms with E-state index in [9.17, 15) is 0 Å². The number of furan rings is 1. The maximum Gasteiger partial charge on any atom is 0.143 e. The molecule has 0 bridgehead atoms. The summed E-state index contributed by atoms with van der Waals surface area (Å²) in [6.45, 7) is 0. The molecule has 0 amide bonds. The van der Waals surface area contributed by atoms with E-state index in [0.717, 1.165) is 55.5 Å². The number of benzene rings is 9. The molecule has 0 saturated heterocycles. The smallest absolute Gasteiger partial charge is 0.143 e. The average Bonchev–Trinajstić information content (AvgIpc) is 3.83. The van der Waals surface area contributed by atoms with Crippen LogP contribution in [0.3, 0.4) is 0 Å². The van der Waals surface area contributed by atoms with E-state index in [2.05, 4.69) is 205 Å². The maximum atomic E-state index is 6.53. The van der Waals surface area contributed by atoms with Gasteiger partial charge in [0.15, 0.2) is 0 Å². The number of rotatable bonds is 6. The standard InChI is InChI=1S/C52H33NOS/c1-2-10-34(11-3-1)35-20-26-40(27-21-35)53(42-14-8-13-38(32-42)39-25-30-46-45-16-6-7-19-49(45)55-50(46)33-39)41-28-22-37(23-29-41)43-17-9-18-48-51(43)47-31-24-36-12-4-5-15-44(36)52(47)54-48/h1-33H. The van der Waals surface area contributed by atoms with Crippen molar-refractivity contribution in [2.75, 3.05) is 4.90 Å². The maximum absolute atomic E-state index is 6.53. The summed E-state index contributed by atoms with van der Waals surface area (Å²) in [5, 5.41) is 7.24. The first-order chi connectivity index (χ1) is 27.2. The van der Waals surface area contributed by atoms with Crippen LogP contribution < -0.4 is 4.90 Å². The van der Waals surface area contributed by atoms with E-state index in [-0.39, 0.29) is 0 Å². The van der Waals surface area contributed by atoms with Gasteiger partial charge in [0.05, 0.1) is 0 Å². The van der Waals surface area contributed by atoms with Gasteiger partial charge in [-0.15, -0.1) is 11.3 Å². The van der Waals surface area contributed by atoms with Crippen molar-refractivity contribution in [1.29, 1.82) is 0 Å². The van der Waals surface area contributed by atoms with Gasteiger partial charge in [0.2, 0.25) is 0 Å².